The number of ether oxygens (including phenoxy) is 2. The lowest BCUT2D eigenvalue weighted by molar-refractivity contribution is -0.140. The summed E-state index contributed by atoms with van der Waals surface area (Å²) in [6.45, 7) is 7.37. The van der Waals surface area contributed by atoms with Crippen LogP contribution in [-0.4, -0.2) is 60.4 Å². The van der Waals surface area contributed by atoms with Crippen LogP contribution in [0.15, 0.2) is 91.0 Å². The third-order valence-corrected chi connectivity index (χ3v) is 6.68. The second-order valence-electron chi connectivity index (χ2n) is 9.70. The first kappa shape index (κ1) is 27.7. The Bertz CT molecular complexity index is 1360. The summed E-state index contributed by atoms with van der Waals surface area (Å²) in [4.78, 5) is 29.8. The van der Waals surface area contributed by atoms with Crippen molar-refractivity contribution in [2.75, 3.05) is 33.8 Å². The highest BCUT2D eigenvalue weighted by atomic mass is 16.5. The van der Waals surface area contributed by atoms with Crippen molar-refractivity contribution in [3.05, 3.63) is 113 Å². The summed E-state index contributed by atoms with van der Waals surface area (Å²) in [6.07, 6.45) is 1.66. The zero-order valence-electron chi connectivity index (χ0n) is 22.6. The Hall–Kier alpha value is -4.36. The minimum absolute atomic E-state index is 0.0621. The van der Waals surface area contributed by atoms with Crippen molar-refractivity contribution >= 4 is 17.4 Å². The smallest absolute Gasteiger partial charge is 0.295 e. The standard InChI is InChI=1S/C32H34N2O5/c1-5-20-38-26-14-10-23(11-15-26)29-28(31(36)32(37)34(29)19-18-33(3)4)30(35)24-12-16-27(17-13-24)39-21-25-9-7-6-8-22(25)2/h5-17,29,35H,1,18-21H2,2-4H3/b30-28+. The van der Waals surface area contributed by atoms with Crippen molar-refractivity contribution in [1.29, 1.82) is 0 Å². The molecule has 0 radical (unpaired) electrons. The molecule has 0 saturated carbocycles. The molecule has 0 bridgehead atoms. The van der Waals surface area contributed by atoms with E-state index in [-0.39, 0.29) is 11.3 Å². The summed E-state index contributed by atoms with van der Waals surface area (Å²) < 4.78 is 11.5. The summed E-state index contributed by atoms with van der Waals surface area (Å²) in [5.74, 6) is -0.280. The average molecular weight is 527 g/mol. The molecule has 1 unspecified atom stereocenters. The molecule has 3 aromatic carbocycles. The van der Waals surface area contributed by atoms with Crippen LogP contribution in [0.5, 0.6) is 11.5 Å². The van der Waals surface area contributed by atoms with E-state index >= 15 is 0 Å². The van der Waals surface area contributed by atoms with Crippen molar-refractivity contribution in [2.45, 2.75) is 19.6 Å². The van der Waals surface area contributed by atoms with Gasteiger partial charge in [-0.25, -0.2) is 0 Å². The molecule has 1 heterocycles. The van der Waals surface area contributed by atoms with Crippen LogP contribution in [-0.2, 0) is 16.2 Å². The summed E-state index contributed by atoms with van der Waals surface area (Å²) in [7, 11) is 3.81. The molecule has 7 nitrogen and oxygen atoms in total. The van der Waals surface area contributed by atoms with Gasteiger partial charge in [0.15, 0.2) is 0 Å². The number of Topliss-reactive ketones (excluding diaryl/α,β-unsaturated/α-hetero) is 1. The Morgan fingerprint density at radius 2 is 1.62 bits per heavy atom. The Balaban J connectivity index is 1.64. The molecule has 1 aliphatic rings. The Morgan fingerprint density at radius 3 is 2.26 bits per heavy atom. The van der Waals surface area contributed by atoms with Crippen molar-refractivity contribution in [1.82, 2.24) is 9.80 Å². The molecule has 1 N–H and O–H groups in total. The fourth-order valence-corrected chi connectivity index (χ4v) is 4.46. The van der Waals surface area contributed by atoms with E-state index in [0.717, 1.165) is 11.1 Å². The van der Waals surface area contributed by atoms with E-state index in [0.29, 0.717) is 48.9 Å². The molecular weight excluding hydrogens is 492 g/mol. The van der Waals surface area contributed by atoms with Gasteiger partial charge in [-0.1, -0.05) is 49.1 Å². The highest BCUT2D eigenvalue weighted by Crippen LogP contribution is 2.40. The quantitative estimate of drug-likeness (QED) is 0.162. The predicted molar refractivity (Wildman–Crippen MR) is 152 cm³/mol. The Morgan fingerprint density at radius 1 is 0.974 bits per heavy atom. The minimum Gasteiger partial charge on any atom is -0.507 e. The molecular formula is C32H34N2O5. The van der Waals surface area contributed by atoms with Gasteiger partial charge in [-0.3, -0.25) is 9.59 Å². The van der Waals surface area contributed by atoms with Crippen molar-refractivity contribution in [3.63, 3.8) is 0 Å². The van der Waals surface area contributed by atoms with Gasteiger partial charge in [-0.15, -0.1) is 0 Å². The number of aryl methyl sites for hydroxylation is 1. The number of likely N-dealkylation sites (tertiary alicyclic amines) is 1. The number of rotatable bonds is 11. The summed E-state index contributed by atoms with van der Waals surface area (Å²) in [6, 6.07) is 21.4. The number of ketones is 1. The fourth-order valence-electron chi connectivity index (χ4n) is 4.46. The summed E-state index contributed by atoms with van der Waals surface area (Å²) in [5, 5.41) is 11.3. The summed E-state index contributed by atoms with van der Waals surface area (Å²) in [5.41, 5.74) is 3.43. The number of hydrogen-bond donors (Lipinski definition) is 1. The van der Waals surface area contributed by atoms with Crippen molar-refractivity contribution in [3.8, 4) is 11.5 Å². The second kappa shape index (κ2) is 12.5. The van der Waals surface area contributed by atoms with Crippen LogP contribution in [0.3, 0.4) is 0 Å². The highest BCUT2D eigenvalue weighted by Gasteiger charge is 2.45. The van der Waals surface area contributed by atoms with E-state index < -0.39 is 17.7 Å². The monoisotopic (exact) mass is 526 g/mol. The molecule has 0 spiro atoms. The second-order valence-corrected chi connectivity index (χ2v) is 9.70. The van der Waals surface area contributed by atoms with Gasteiger partial charge in [-0.05, 0) is 74.1 Å². The fraction of sp³-hybridized carbons (Fsp3) is 0.250. The highest BCUT2D eigenvalue weighted by molar-refractivity contribution is 6.46. The Labute approximate surface area is 229 Å². The number of amides is 1. The number of likely N-dealkylation sites (N-methyl/N-ethyl adjacent to an activating group) is 1. The van der Waals surface area contributed by atoms with Crippen LogP contribution in [0.25, 0.3) is 5.76 Å². The van der Waals surface area contributed by atoms with Gasteiger partial charge in [-0.2, -0.15) is 0 Å². The maximum absolute atomic E-state index is 13.2. The van der Waals surface area contributed by atoms with Crippen LogP contribution in [0.4, 0.5) is 0 Å². The molecule has 1 aliphatic heterocycles. The van der Waals surface area contributed by atoms with Crippen molar-refractivity contribution < 1.29 is 24.2 Å². The van der Waals surface area contributed by atoms with Gasteiger partial charge in [0.2, 0.25) is 0 Å². The minimum atomic E-state index is -0.726. The zero-order chi connectivity index (χ0) is 27.9. The van der Waals surface area contributed by atoms with Gasteiger partial charge >= 0.3 is 0 Å². The van der Waals surface area contributed by atoms with Crippen molar-refractivity contribution in [2.24, 2.45) is 0 Å². The predicted octanol–water partition coefficient (Wildman–Crippen LogP) is 5.12. The van der Waals surface area contributed by atoms with Crippen LogP contribution in [0, 0.1) is 6.92 Å². The van der Waals surface area contributed by atoms with Crippen LogP contribution < -0.4 is 9.47 Å². The lowest BCUT2D eigenvalue weighted by Gasteiger charge is -2.26. The van der Waals surface area contributed by atoms with E-state index in [9.17, 15) is 14.7 Å². The molecule has 1 amide bonds. The third-order valence-electron chi connectivity index (χ3n) is 6.68. The van der Waals surface area contributed by atoms with Gasteiger partial charge in [0.25, 0.3) is 11.7 Å². The number of aliphatic hydroxyl groups excluding tert-OH is 1. The molecule has 202 valence electrons. The van der Waals surface area contributed by atoms with Crippen LogP contribution in [0.1, 0.15) is 28.3 Å². The molecule has 1 saturated heterocycles. The normalized spacial score (nSPS) is 16.5. The topological polar surface area (TPSA) is 79.3 Å². The molecule has 1 fully saturated rings. The number of aliphatic hydroxyl groups is 1. The summed E-state index contributed by atoms with van der Waals surface area (Å²) >= 11 is 0. The molecule has 0 aliphatic carbocycles. The maximum Gasteiger partial charge on any atom is 0.295 e. The molecule has 7 heteroatoms. The third kappa shape index (κ3) is 6.38. The van der Waals surface area contributed by atoms with E-state index in [4.69, 9.17) is 9.47 Å². The molecule has 39 heavy (non-hydrogen) atoms. The van der Waals surface area contributed by atoms with Gasteiger partial charge < -0.3 is 24.4 Å². The number of benzene rings is 3. The van der Waals surface area contributed by atoms with Crippen LogP contribution >= 0.6 is 0 Å². The number of nitrogens with zero attached hydrogens (tertiary/aromatic N) is 2. The van der Waals surface area contributed by atoms with Crippen LogP contribution in [0.2, 0.25) is 0 Å². The van der Waals surface area contributed by atoms with E-state index in [1.54, 1.807) is 42.5 Å². The number of hydrogen-bond acceptors (Lipinski definition) is 6. The number of carbonyl (C=O) groups is 2. The van der Waals surface area contributed by atoms with Gasteiger partial charge in [0.05, 0.1) is 11.6 Å². The largest absolute Gasteiger partial charge is 0.507 e. The van der Waals surface area contributed by atoms with E-state index in [1.165, 1.54) is 4.90 Å². The first-order valence-electron chi connectivity index (χ1n) is 12.8. The van der Waals surface area contributed by atoms with E-state index in [1.807, 2.05) is 62.3 Å². The molecule has 3 aromatic rings. The maximum atomic E-state index is 13.2. The lowest BCUT2D eigenvalue weighted by atomic mass is 9.95. The molecule has 4 rings (SSSR count). The Kier molecular flexibility index (Phi) is 8.84. The number of carbonyl (C=O) groups excluding carboxylic acids is 2. The van der Waals surface area contributed by atoms with E-state index in [2.05, 4.69) is 6.58 Å². The van der Waals surface area contributed by atoms with Gasteiger partial charge in [0, 0.05) is 18.7 Å². The SMILES string of the molecule is C=CCOc1ccc(C2/C(=C(\O)c3ccc(OCc4ccccc4C)cc3)C(=O)C(=O)N2CCN(C)C)cc1. The first-order chi connectivity index (χ1) is 18.8. The molecule has 1 atom stereocenters. The molecule has 0 aromatic heterocycles. The lowest BCUT2D eigenvalue weighted by Crippen LogP contribution is -2.35. The first-order valence-corrected chi connectivity index (χ1v) is 12.8. The zero-order valence-corrected chi connectivity index (χ0v) is 22.6. The van der Waals surface area contributed by atoms with Gasteiger partial charge in [0.1, 0.15) is 30.5 Å². The average Bonchev–Trinajstić information content (AvgIpc) is 3.19.